The lowest BCUT2D eigenvalue weighted by molar-refractivity contribution is -0.129. The Kier molecular flexibility index (Phi) is 5.13. The fourth-order valence-corrected chi connectivity index (χ4v) is 5.12. The number of aromatic nitrogens is 4. The summed E-state index contributed by atoms with van der Waals surface area (Å²) in [6.45, 7) is 5.22. The molecule has 5 rings (SSSR count). The summed E-state index contributed by atoms with van der Waals surface area (Å²) in [5, 5.41) is 6.45. The molecule has 0 radical (unpaired) electrons. The Labute approximate surface area is 187 Å². The molecule has 1 aliphatic heterocycles. The standard InChI is InChI=1S/C23H22FN5O2S/c1-14-11-19(26-29(14)17-7-5-16(24)6-8-17)21-15(2)25-23-28(22(21)31)18(13-32-23)12-20(30)27-9-3-4-10-27/h5-8,11,13H,3-4,9-10,12H2,1-2H3. The van der Waals surface area contributed by atoms with E-state index in [-0.39, 0.29) is 23.7 Å². The van der Waals surface area contributed by atoms with Crippen molar-refractivity contribution in [1.29, 1.82) is 0 Å². The summed E-state index contributed by atoms with van der Waals surface area (Å²) < 4.78 is 16.5. The van der Waals surface area contributed by atoms with Gasteiger partial charge in [-0.1, -0.05) is 0 Å². The van der Waals surface area contributed by atoms with Gasteiger partial charge in [0.25, 0.3) is 5.56 Å². The number of benzene rings is 1. The van der Waals surface area contributed by atoms with Crippen molar-refractivity contribution >= 4 is 22.2 Å². The summed E-state index contributed by atoms with van der Waals surface area (Å²) in [5.74, 6) is -0.288. The highest BCUT2D eigenvalue weighted by atomic mass is 32.1. The number of hydrogen-bond acceptors (Lipinski definition) is 5. The molecule has 3 aromatic heterocycles. The second kappa shape index (κ2) is 7.98. The van der Waals surface area contributed by atoms with E-state index < -0.39 is 0 Å². The van der Waals surface area contributed by atoms with E-state index in [1.165, 1.54) is 27.9 Å². The van der Waals surface area contributed by atoms with Crippen LogP contribution in [-0.2, 0) is 11.2 Å². The number of halogens is 1. The zero-order valence-corrected chi connectivity index (χ0v) is 18.7. The van der Waals surface area contributed by atoms with Crippen molar-refractivity contribution in [3.8, 4) is 16.9 Å². The number of likely N-dealkylation sites (tertiary alicyclic amines) is 1. The van der Waals surface area contributed by atoms with Gasteiger partial charge in [-0.25, -0.2) is 14.1 Å². The van der Waals surface area contributed by atoms with E-state index in [9.17, 15) is 14.0 Å². The zero-order valence-electron chi connectivity index (χ0n) is 17.8. The molecular formula is C23H22FN5O2S. The second-order valence-electron chi connectivity index (χ2n) is 8.05. The molecule has 1 fully saturated rings. The van der Waals surface area contributed by atoms with Gasteiger partial charge in [-0.15, -0.1) is 11.3 Å². The lowest BCUT2D eigenvalue weighted by Crippen LogP contribution is -2.30. The number of nitrogens with zero attached hydrogens (tertiary/aromatic N) is 5. The first-order valence-electron chi connectivity index (χ1n) is 10.5. The highest BCUT2D eigenvalue weighted by molar-refractivity contribution is 7.15. The molecule has 0 spiro atoms. The van der Waals surface area contributed by atoms with Crippen LogP contribution in [0.1, 0.15) is 29.9 Å². The third-order valence-corrected chi connectivity index (χ3v) is 6.70. The third kappa shape index (κ3) is 3.52. The highest BCUT2D eigenvalue weighted by Gasteiger charge is 2.23. The molecule has 0 aliphatic carbocycles. The predicted octanol–water partition coefficient (Wildman–Crippen LogP) is 3.53. The van der Waals surface area contributed by atoms with Crippen molar-refractivity contribution in [2.45, 2.75) is 33.1 Å². The lowest BCUT2D eigenvalue weighted by atomic mass is 10.1. The first-order chi connectivity index (χ1) is 15.4. The van der Waals surface area contributed by atoms with E-state index in [1.807, 2.05) is 23.3 Å². The third-order valence-electron chi connectivity index (χ3n) is 5.83. The Bertz CT molecular complexity index is 1380. The fourth-order valence-electron chi connectivity index (χ4n) is 4.20. The Balaban J connectivity index is 1.57. The molecule has 32 heavy (non-hydrogen) atoms. The summed E-state index contributed by atoms with van der Waals surface area (Å²) in [6, 6.07) is 7.85. The minimum Gasteiger partial charge on any atom is -0.342 e. The molecule has 0 unspecified atom stereocenters. The summed E-state index contributed by atoms with van der Waals surface area (Å²) in [4.78, 5) is 33.2. The molecular weight excluding hydrogens is 429 g/mol. The van der Waals surface area contributed by atoms with Gasteiger partial charge in [-0.3, -0.25) is 14.0 Å². The van der Waals surface area contributed by atoms with Gasteiger partial charge in [-0.05, 0) is 57.0 Å². The maximum Gasteiger partial charge on any atom is 0.268 e. The average Bonchev–Trinajstić information content (AvgIpc) is 3.50. The summed E-state index contributed by atoms with van der Waals surface area (Å²) >= 11 is 1.36. The Morgan fingerprint density at radius 1 is 1.16 bits per heavy atom. The van der Waals surface area contributed by atoms with E-state index in [1.54, 1.807) is 23.7 Å². The van der Waals surface area contributed by atoms with Crippen molar-refractivity contribution in [1.82, 2.24) is 24.1 Å². The number of amides is 1. The van der Waals surface area contributed by atoms with Crippen molar-refractivity contribution < 1.29 is 9.18 Å². The van der Waals surface area contributed by atoms with Crippen LogP contribution in [0, 0.1) is 19.7 Å². The van der Waals surface area contributed by atoms with Crippen molar-refractivity contribution in [2.24, 2.45) is 0 Å². The van der Waals surface area contributed by atoms with Crippen molar-refractivity contribution in [2.75, 3.05) is 13.1 Å². The van der Waals surface area contributed by atoms with Crippen LogP contribution in [-0.4, -0.2) is 43.1 Å². The van der Waals surface area contributed by atoms with Crippen LogP contribution >= 0.6 is 11.3 Å². The largest absolute Gasteiger partial charge is 0.342 e. The second-order valence-corrected chi connectivity index (χ2v) is 8.88. The van der Waals surface area contributed by atoms with Crippen LogP contribution in [0.5, 0.6) is 0 Å². The van der Waals surface area contributed by atoms with Gasteiger partial charge in [-0.2, -0.15) is 5.10 Å². The zero-order chi connectivity index (χ0) is 22.4. The van der Waals surface area contributed by atoms with E-state index >= 15 is 0 Å². The van der Waals surface area contributed by atoms with E-state index in [0.29, 0.717) is 33.3 Å². The van der Waals surface area contributed by atoms with Gasteiger partial charge < -0.3 is 4.90 Å². The monoisotopic (exact) mass is 451 g/mol. The van der Waals surface area contributed by atoms with Gasteiger partial charge in [0.2, 0.25) is 5.91 Å². The molecule has 1 saturated heterocycles. The minimum atomic E-state index is -0.323. The molecule has 4 heterocycles. The number of carbonyl (C=O) groups excluding carboxylic acids is 1. The van der Waals surface area contributed by atoms with Crippen LogP contribution < -0.4 is 5.56 Å². The van der Waals surface area contributed by atoms with E-state index in [0.717, 1.165) is 31.6 Å². The molecule has 1 aliphatic rings. The molecule has 1 aromatic carbocycles. The Morgan fingerprint density at radius 2 is 1.88 bits per heavy atom. The number of rotatable bonds is 4. The number of hydrogen-bond donors (Lipinski definition) is 0. The molecule has 9 heteroatoms. The molecule has 0 bridgehead atoms. The fraction of sp³-hybridized carbons (Fsp3) is 0.304. The number of fused-ring (bicyclic) bond motifs is 1. The topological polar surface area (TPSA) is 72.5 Å². The van der Waals surface area contributed by atoms with Crippen LogP contribution in [0.4, 0.5) is 4.39 Å². The number of carbonyl (C=O) groups is 1. The van der Waals surface area contributed by atoms with Crippen LogP contribution in [0.2, 0.25) is 0 Å². The SMILES string of the molecule is Cc1nc2scc(CC(=O)N3CCCC3)n2c(=O)c1-c1cc(C)n(-c2ccc(F)cc2)n1. The van der Waals surface area contributed by atoms with Crippen LogP contribution in [0.3, 0.4) is 0 Å². The van der Waals surface area contributed by atoms with Gasteiger partial charge in [0.15, 0.2) is 4.96 Å². The maximum absolute atomic E-state index is 13.5. The lowest BCUT2D eigenvalue weighted by Gasteiger charge is -2.14. The molecule has 7 nitrogen and oxygen atoms in total. The summed E-state index contributed by atoms with van der Waals surface area (Å²) in [5.41, 5.74) is 3.41. The van der Waals surface area contributed by atoms with E-state index in [4.69, 9.17) is 0 Å². The normalized spacial score (nSPS) is 13.9. The molecule has 1 amide bonds. The first-order valence-corrected chi connectivity index (χ1v) is 11.4. The Hall–Kier alpha value is -3.33. The van der Waals surface area contributed by atoms with E-state index in [2.05, 4.69) is 10.1 Å². The average molecular weight is 452 g/mol. The molecule has 0 N–H and O–H groups in total. The van der Waals surface area contributed by atoms with Gasteiger partial charge in [0.1, 0.15) is 11.5 Å². The predicted molar refractivity (Wildman–Crippen MR) is 121 cm³/mol. The van der Waals surface area contributed by atoms with Crippen LogP contribution in [0.15, 0.2) is 40.5 Å². The molecule has 0 saturated carbocycles. The summed E-state index contributed by atoms with van der Waals surface area (Å²) in [6.07, 6.45) is 2.22. The quantitative estimate of drug-likeness (QED) is 0.476. The highest BCUT2D eigenvalue weighted by Crippen LogP contribution is 2.24. The van der Waals surface area contributed by atoms with Gasteiger partial charge in [0, 0.05) is 29.9 Å². The minimum absolute atomic E-state index is 0.0349. The van der Waals surface area contributed by atoms with Gasteiger partial charge in [0.05, 0.1) is 23.4 Å². The van der Waals surface area contributed by atoms with Crippen molar-refractivity contribution in [3.05, 3.63) is 69.0 Å². The first kappa shape index (κ1) is 20.6. The number of aryl methyl sites for hydroxylation is 2. The molecule has 0 atom stereocenters. The van der Waals surface area contributed by atoms with Gasteiger partial charge >= 0.3 is 0 Å². The summed E-state index contributed by atoms with van der Waals surface area (Å²) in [7, 11) is 0. The van der Waals surface area contributed by atoms with Crippen LogP contribution in [0.25, 0.3) is 21.9 Å². The number of thiazole rings is 1. The molecule has 164 valence electrons. The van der Waals surface area contributed by atoms with Crippen molar-refractivity contribution in [3.63, 3.8) is 0 Å². The molecule has 4 aromatic rings. The maximum atomic E-state index is 13.5. The Morgan fingerprint density at radius 3 is 2.59 bits per heavy atom. The smallest absolute Gasteiger partial charge is 0.268 e.